The van der Waals surface area contributed by atoms with E-state index >= 15 is 0 Å². The molecule has 0 aromatic carbocycles. The fourth-order valence-electron chi connectivity index (χ4n) is 1.12. The average molecular weight is 196 g/mol. The molecule has 1 N–H and O–H groups in total. The molecular weight excluding hydrogens is 176 g/mol. The van der Waals surface area contributed by atoms with E-state index in [-0.39, 0.29) is 0 Å². The first-order chi connectivity index (χ1) is 6.77. The lowest BCUT2D eigenvalue weighted by molar-refractivity contribution is -0.131. The smallest absolute Gasteiger partial charge is 0.327 e. The molecule has 80 valence electrons. The predicted octanol–water partition coefficient (Wildman–Crippen LogP) is 3.54. The zero-order valence-electron chi connectivity index (χ0n) is 8.91. The molecule has 0 saturated carbocycles. The van der Waals surface area contributed by atoms with E-state index in [0.717, 1.165) is 19.3 Å². The zero-order valence-corrected chi connectivity index (χ0v) is 8.91. The molecular formula is C12H20O2. The van der Waals surface area contributed by atoms with Gasteiger partial charge in [0.15, 0.2) is 0 Å². The number of carbonyl (C=O) groups is 1. The Morgan fingerprint density at radius 1 is 1.07 bits per heavy atom. The lowest BCUT2D eigenvalue weighted by Gasteiger charge is -1.91. The number of hydrogen-bond acceptors (Lipinski definition) is 1. The van der Waals surface area contributed by atoms with Gasteiger partial charge in [0, 0.05) is 6.08 Å². The molecule has 0 aromatic heterocycles. The Balaban J connectivity index is 3.22. The molecule has 0 aliphatic heterocycles. The van der Waals surface area contributed by atoms with Crippen LogP contribution in [0.15, 0.2) is 24.3 Å². The Kier molecular flexibility index (Phi) is 9.28. The highest BCUT2D eigenvalue weighted by molar-refractivity contribution is 5.79. The van der Waals surface area contributed by atoms with Crippen LogP contribution < -0.4 is 0 Å². The van der Waals surface area contributed by atoms with Gasteiger partial charge in [-0.3, -0.25) is 0 Å². The Bertz CT molecular complexity index is 192. The van der Waals surface area contributed by atoms with Crippen LogP contribution in [0.4, 0.5) is 0 Å². The van der Waals surface area contributed by atoms with Crippen molar-refractivity contribution in [2.45, 2.75) is 45.4 Å². The van der Waals surface area contributed by atoms with Gasteiger partial charge < -0.3 is 5.11 Å². The molecule has 0 rings (SSSR count). The van der Waals surface area contributed by atoms with Crippen LogP contribution in [0.25, 0.3) is 0 Å². The van der Waals surface area contributed by atoms with Crippen molar-refractivity contribution in [1.29, 1.82) is 0 Å². The van der Waals surface area contributed by atoms with Crippen molar-refractivity contribution in [3.05, 3.63) is 24.3 Å². The summed E-state index contributed by atoms with van der Waals surface area (Å²) in [5, 5.41) is 8.31. The highest BCUT2D eigenvalue weighted by Gasteiger charge is 1.84. The van der Waals surface area contributed by atoms with Gasteiger partial charge in [-0.25, -0.2) is 4.79 Å². The van der Waals surface area contributed by atoms with E-state index in [2.05, 4.69) is 19.1 Å². The van der Waals surface area contributed by atoms with Gasteiger partial charge in [-0.2, -0.15) is 0 Å². The second-order valence-corrected chi connectivity index (χ2v) is 3.29. The van der Waals surface area contributed by atoms with Crippen molar-refractivity contribution in [2.24, 2.45) is 0 Å². The van der Waals surface area contributed by atoms with Crippen LogP contribution in [0, 0.1) is 0 Å². The average Bonchev–Trinajstić information content (AvgIpc) is 2.15. The molecule has 0 aliphatic carbocycles. The molecule has 0 saturated heterocycles. The summed E-state index contributed by atoms with van der Waals surface area (Å²) in [6.07, 6.45) is 13.9. The number of unbranched alkanes of at least 4 members (excludes halogenated alkanes) is 4. The van der Waals surface area contributed by atoms with Gasteiger partial charge in [-0.15, -0.1) is 0 Å². The van der Waals surface area contributed by atoms with Gasteiger partial charge in [0.1, 0.15) is 0 Å². The first-order valence-corrected chi connectivity index (χ1v) is 5.31. The molecule has 2 heteroatoms. The number of hydrogen-bond donors (Lipinski definition) is 1. The van der Waals surface area contributed by atoms with Gasteiger partial charge >= 0.3 is 5.97 Å². The van der Waals surface area contributed by atoms with Gasteiger partial charge in [0.25, 0.3) is 0 Å². The summed E-state index contributed by atoms with van der Waals surface area (Å²) in [5.74, 6) is -0.864. The largest absolute Gasteiger partial charge is 0.478 e. The summed E-state index contributed by atoms with van der Waals surface area (Å²) < 4.78 is 0. The van der Waals surface area contributed by atoms with Crippen LogP contribution in [-0.4, -0.2) is 11.1 Å². The Morgan fingerprint density at radius 2 is 1.71 bits per heavy atom. The molecule has 14 heavy (non-hydrogen) atoms. The van der Waals surface area contributed by atoms with Gasteiger partial charge in [0.05, 0.1) is 0 Å². The van der Waals surface area contributed by atoms with E-state index in [4.69, 9.17) is 5.11 Å². The predicted molar refractivity (Wildman–Crippen MR) is 59.3 cm³/mol. The summed E-state index contributed by atoms with van der Waals surface area (Å²) in [7, 11) is 0. The van der Waals surface area contributed by atoms with Gasteiger partial charge in [-0.1, -0.05) is 38.0 Å². The third kappa shape index (κ3) is 11.0. The molecule has 0 aromatic rings. The van der Waals surface area contributed by atoms with E-state index in [1.54, 1.807) is 6.08 Å². The standard InChI is InChI=1S/C12H20O2/c1-2-3-4-5-6-7-8-9-10-11-12(13)14/h6-7,10-11H,2-5,8-9H2,1H3,(H,13,14)/b7-6?,11-10+. The van der Waals surface area contributed by atoms with Gasteiger partial charge in [0.2, 0.25) is 0 Å². The maximum atomic E-state index is 10.1. The Morgan fingerprint density at radius 3 is 2.36 bits per heavy atom. The maximum absolute atomic E-state index is 10.1. The van der Waals surface area contributed by atoms with E-state index in [1.165, 1.54) is 25.3 Å². The molecule has 2 nitrogen and oxygen atoms in total. The number of carboxylic acid groups (broad SMARTS) is 1. The molecule has 0 radical (unpaired) electrons. The summed E-state index contributed by atoms with van der Waals surface area (Å²) in [4.78, 5) is 10.1. The van der Waals surface area contributed by atoms with Crippen molar-refractivity contribution >= 4 is 5.97 Å². The van der Waals surface area contributed by atoms with E-state index < -0.39 is 5.97 Å². The molecule has 0 amide bonds. The minimum atomic E-state index is -0.864. The number of aliphatic carboxylic acids is 1. The second-order valence-electron chi connectivity index (χ2n) is 3.29. The van der Waals surface area contributed by atoms with E-state index in [1.807, 2.05) is 0 Å². The van der Waals surface area contributed by atoms with Crippen molar-refractivity contribution < 1.29 is 9.90 Å². The van der Waals surface area contributed by atoms with Crippen LogP contribution in [0.2, 0.25) is 0 Å². The lowest BCUT2D eigenvalue weighted by Crippen LogP contribution is -1.85. The minimum Gasteiger partial charge on any atom is -0.478 e. The van der Waals surface area contributed by atoms with Crippen LogP contribution in [0.3, 0.4) is 0 Å². The first-order valence-electron chi connectivity index (χ1n) is 5.31. The molecule has 0 fully saturated rings. The van der Waals surface area contributed by atoms with E-state index in [9.17, 15) is 4.79 Å². The molecule has 0 atom stereocenters. The molecule has 0 unspecified atom stereocenters. The lowest BCUT2D eigenvalue weighted by atomic mass is 10.2. The molecule has 0 spiro atoms. The van der Waals surface area contributed by atoms with Crippen molar-refractivity contribution in [3.63, 3.8) is 0 Å². The third-order valence-electron chi connectivity index (χ3n) is 1.90. The fourth-order valence-corrected chi connectivity index (χ4v) is 1.12. The summed E-state index contributed by atoms with van der Waals surface area (Å²) in [5.41, 5.74) is 0. The number of carboxylic acids is 1. The van der Waals surface area contributed by atoms with Crippen molar-refractivity contribution in [3.8, 4) is 0 Å². The summed E-state index contributed by atoms with van der Waals surface area (Å²) in [6, 6.07) is 0. The third-order valence-corrected chi connectivity index (χ3v) is 1.90. The normalized spacial score (nSPS) is 11.5. The molecule has 0 heterocycles. The van der Waals surface area contributed by atoms with Crippen molar-refractivity contribution in [2.75, 3.05) is 0 Å². The SMILES string of the molecule is CCCCCC=CCC/C=C/C(=O)O. The summed E-state index contributed by atoms with van der Waals surface area (Å²) >= 11 is 0. The Labute approximate surface area is 86.3 Å². The highest BCUT2D eigenvalue weighted by Crippen LogP contribution is 2.01. The zero-order chi connectivity index (χ0) is 10.6. The Hall–Kier alpha value is -1.05. The van der Waals surface area contributed by atoms with Crippen LogP contribution in [-0.2, 0) is 4.79 Å². The van der Waals surface area contributed by atoms with E-state index in [0.29, 0.717) is 0 Å². The number of allylic oxidation sites excluding steroid dienone is 3. The maximum Gasteiger partial charge on any atom is 0.327 e. The summed E-state index contributed by atoms with van der Waals surface area (Å²) in [6.45, 7) is 2.19. The van der Waals surface area contributed by atoms with Crippen LogP contribution in [0.5, 0.6) is 0 Å². The molecule has 0 aliphatic rings. The quantitative estimate of drug-likeness (QED) is 0.366. The highest BCUT2D eigenvalue weighted by atomic mass is 16.4. The minimum absolute atomic E-state index is 0.816. The van der Waals surface area contributed by atoms with Gasteiger partial charge in [-0.05, 0) is 25.7 Å². The monoisotopic (exact) mass is 196 g/mol. The number of rotatable bonds is 8. The second kappa shape index (κ2) is 10.0. The fraction of sp³-hybridized carbons (Fsp3) is 0.583. The first kappa shape index (κ1) is 12.9. The van der Waals surface area contributed by atoms with Crippen molar-refractivity contribution in [1.82, 2.24) is 0 Å². The topological polar surface area (TPSA) is 37.3 Å². The molecule has 0 bridgehead atoms. The van der Waals surface area contributed by atoms with Crippen LogP contribution in [0.1, 0.15) is 45.4 Å². The van der Waals surface area contributed by atoms with Crippen LogP contribution >= 0.6 is 0 Å².